The van der Waals surface area contributed by atoms with Gasteiger partial charge in [-0.15, -0.1) is 11.3 Å². The second-order valence-corrected chi connectivity index (χ2v) is 8.53. The van der Waals surface area contributed by atoms with Gasteiger partial charge in [-0.2, -0.15) is 0 Å². The number of hydrogen-bond donors (Lipinski definition) is 1. The lowest BCUT2D eigenvalue weighted by atomic mass is 9.86. The van der Waals surface area contributed by atoms with E-state index in [4.69, 9.17) is 21.3 Å². The Kier molecular flexibility index (Phi) is 5.45. The molecule has 0 spiro atoms. The Hall–Kier alpha value is -1.92. The molecule has 1 aromatic heterocycles. The highest BCUT2D eigenvalue weighted by Crippen LogP contribution is 2.37. The second-order valence-electron chi connectivity index (χ2n) is 7.03. The van der Waals surface area contributed by atoms with Crippen molar-refractivity contribution in [2.24, 2.45) is 4.99 Å². The van der Waals surface area contributed by atoms with Crippen LogP contribution in [-0.4, -0.2) is 36.5 Å². The zero-order chi connectivity index (χ0) is 18.8. The number of fused-ring (bicyclic) bond motifs is 1. The standard InChI is InChI=1S/C20H22ClN3O2S/c1-26-18-10-13(8-9-22-18)19(25)23-15-5-2-12(3-6-15)20-24-16-11-14(21)4-7-17(16)27-20/h4,7,10-12,15H,2-3,5-6,8-9H2,1H3,(H,23,25). The molecule has 1 amide bonds. The molecule has 0 unspecified atom stereocenters. The van der Waals surface area contributed by atoms with Crippen LogP contribution in [0, 0.1) is 0 Å². The maximum atomic E-state index is 12.5. The van der Waals surface area contributed by atoms with Crippen molar-refractivity contribution in [1.82, 2.24) is 10.3 Å². The predicted molar refractivity (Wildman–Crippen MR) is 110 cm³/mol. The van der Waals surface area contributed by atoms with Crippen molar-refractivity contribution in [1.29, 1.82) is 0 Å². The summed E-state index contributed by atoms with van der Waals surface area (Å²) in [5.74, 6) is 1.01. The Morgan fingerprint density at radius 3 is 2.89 bits per heavy atom. The third kappa shape index (κ3) is 4.17. The van der Waals surface area contributed by atoms with Gasteiger partial charge in [-0.1, -0.05) is 11.6 Å². The molecular weight excluding hydrogens is 382 g/mol. The van der Waals surface area contributed by atoms with E-state index in [1.165, 1.54) is 9.71 Å². The number of carbonyl (C=O) groups is 1. The molecule has 2 aromatic rings. The molecular formula is C20H22ClN3O2S. The number of dihydropyridines is 1. The largest absolute Gasteiger partial charge is 0.481 e. The molecule has 0 atom stereocenters. The Bertz CT molecular complexity index is 913. The van der Waals surface area contributed by atoms with Crippen LogP contribution in [-0.2, 0) is 9.53 Å². The van der Waals surface area contributed by atoms with Crippen molar-refractivity contribution in [2.45, 2.75) is 44.1 Å². The molecule has 4 rings (SSSR count). The fourth-order valence-electron chi connectivity index (χ4n) is 3.71. The average Bonchev–Trinajstić information content (AvgIpc) is 3.11. The van der Waals surface area contributed by atoms with Crippen LogP contribution in [0.15, 0.2) is 34.8 Å². The number of thiazole rings is 1. The molecule has 0 saturated heterocycles. The lowest BCUT2D eigenvalue weighted by molar-refractivity contribution is -0.118. The first-order valence-electron chi connectivity index (χ1n) is 9.28. The van der Waals surface area contributed by atoms with Gasteiger partial charge in [0.15, 0.2) is 0 Å². The van der Waals surface area contributed by atoms with E-state index in [1.807, 2.05) is 18.2 Å². The van der Waals surface area contributed by atoms with Crippen molar-refractivity contribution in [3.8, 4) is 0 Å². The number of hydrogen-bond acceptors (Lipinski definition) is 5. The number of ether oxygens (including phenoxy) is 1. The average molecular weight is 404 g/mol. The number of carbonyl (C=O) groups excluding carboxylic acids is 1. The molecule has 1 aliphatic heterocycles. The number of aromatic nitrogens is 1. The molecule has 1 N–H and O–H groups in total. The van der Waals surface area contributed by atoms with Crippen molar-refractivity contribution in [3.63, 3.8) is 0 Å². The molecule has 1 aliphatic carbocycles. The van der Waals surface area contributed by atoms with Crippen LogP contribution in [0.5, 0.6) is 0 Å². The van der Waals surface area contributed by atoms with Gasteiger partial charge in [0.2, 0.25) is 11.8 Å². The minimum Gasteiger partial charge on any atom is -0.481 e. The zero-order valence-corrected chi connectivity index (χ0v) is 16.8. The van der Waals surface area contributed by atoms with Crippen LogP contribution in [0.3, 0.4) is 0 Å². The monoisotopic (exact) mass is 403 g/mol. The normalized spacial score (nSPS) is 22.9. The predicted octanol–water partition coefficient (Wildman–Crippen LogP) is 4.47. The number of methoxy groups -OCH3 is 1. The number of halogens is 1. The van der Waals surface area contributed by atoms with Crippen LogP contribution >= 0.6 is 22.9 Å². The summed E-state index contributed by atoms with van der Waals surface area (Å²) in [6.07, 6.45) is 6.46. The van der Waals surface area contributed by atoms with Crippen LogP contribution in [0.2, 0.25) is 5.02 Å². The van der Waals surface area contributed by atoms with Crippen molar-refractivity contribution in [2.75, 3.05) is 13.7 Å². The van der Waals surface area contributed by atoms with Crippen LogP contribution in [0.25, 0.3) is 10.2 Å². The minimum atomic E-state index is 0.0116. The van der Waals surface area contributed by atoms with Crippen molar-refractivity contribution < 1.29 is 9.53 Å². The summed E-state index contributed by atoms with van der Waals surface area (Å²) >= 11 is 7.83. The van der Waals surface area contributed by atoms with Crippen LogP contribution in [0.4, 0.5) is 0 Å². The lowest BCUT2D eigenvalue weighted by Gasteiger charge is -2.28. The number of amides is 1. The summed E-state index contributed by atoms with van der Waals surface area (Å²) in [4.78, 5) is 21.5. The van der Waals surface area contributed by atoms with Gasteiger partial charge in [0.25, 0.3) is 0 Å². The first-order valence-corrected chi connectivity index (χ1v) is 10.5. The van der Waals surface area contributed by atoms with E-state index in [9.17, 15) is 4.79 Å². The second kappa shape index (κ2) is 7.98. The van der Waals surface area contributed by atoms with Gasteiger partial charge in [-0.05, 0) is 50.3 Å². The Labute approximate surface area is 167 Å². The van der Waals surface area contributed by atoms with E-state index in [-0.39, 0.29) is 11.9 Å². The fraction of sp³-hybridized carbons (Fsp3) is 0.450. The van der Waals surface area contributed by atoms with Gasteiger partial charge in [0.05, 0.1) is 22.3 Å². The topological polar surface area (TPSA) is 63.6 Å². The van der Waals surface area contributed by atoms with Gasteiger partial charge in [-0.25, -0.2) is 4.98 Å². The molecule has 2 heterocycles. The third-order valence-electron chi connectivity index (χ3n) is 5.23. The zero-order valence-electron chi connectivity index (χ0n) is 15.2. The number of rotatable bonds is 3. The molecule has 142 valence electrons. The van der Waals surface area contributed by atoms with E-state index >= 15 is 0 Å². The molecule has 0 bridgehead atoms. The van der Waals surface area contributed by atoms with E-state index < -0.39 is 0 Å². The van der Waals surface area contributed by atoms with E-state index in [1.54, 1.807) is 24.5 Å². The first kappa shape index (κ1) is 18.4. The maximum Gasteiger partial charge on any atom is 0.247 e. The quantitative estimate of drug-likeness (QED) is 0.822. The lowest BCUT2D eigenvalue weighted by Crippen LogP contribution is -2.38. The first-order chi connectivity index (χ1) is 13.1. The van der Waals surface area contributed by atoms with Gasteiger partial charge in [-0.3, -0.25) is 9.79 Å². The number of aliphatic imine (C=N–C) groups is 1. The highest BCUT2D eigenvalue weighted by atomic mass is 35.5. The summed E-state index contributed by atoms with van der Waals surface area (Å²) in [7, 11) is 1.58. The molecule has 5 nitrogen and oxygen atoms in total. The van der Waals surface area contributed by atoms with Crippen molar-refractivity contribution >= 4 is 45.0 Å². The van der Waals surface area contributed by atoms with Crippen LogP contribution in [0.1, 0.15) is 43.0 Å². The SMILES string of the molecule is COC1=NCCC(C(=O)NC2CCC(c3nc4cc(Cl)ccc4s3)CC2)=C1. The van der Waals surface area contributed by atoms with Gasteiger partial charge in [0.1, 0.15) is 0 Å². The van der Waals surface area contributed by atoms with Crippen molar-refractivity contribution in [3.05, 3.63) is 39.9 Å². The highest BCUT2D eigenvalue weighted by Gasteiger charge is 2.26. The molecule has 7 heteroatoms. The molecule has 1 aromatic carbocycles. The van der Waals surface area contributed by atoms with Gasteiger partial charge < -0.3 is 10.1 Å². The minimum absolute atomic E-state index is 0.0116. The Balaban J connectivity index is 1.35. The number of nitrogens with one attached hydrogen (secondary N) is 1. The fourth-order valence-corrected chi connectivity index (χ4v) is 5.00. The van der Waals surface area contributed by atoms with E-state index in [2.05, 4.69) is 10.3 Å². The number of benzene rings is 1. The number of nitrogens with zero attached hydrogens (tertiary/aromatic N) is 2. The van der Waals surface area contributed by atoms with Gasteiger partial charge >= 0.3 is 0 Å². The Morgan fingerprint density at radius 1 is 1.30 bits per heavy atom. The summed E-state index contributed by atoms with van der Waals surface area (Å²) in [6, 6.07) is 6.11. The molecule has 1 fully saturated rings. The molecule has 2 aliphatic rings. The molecule has 27 heavy (non-hydrogen) atoms. The molecule has 0 radical (unpaired) electrons. The third-order valence-corrected chi connectivity index (χ3v) is 6.66. The van der Waals surface area contributed by atoms with E-state index in [0.717, 1.165) is 41.8 Å². The summed E-state index contributed by atoms with van der Waals surface area (Å²) < 4.78 is 6.32. The van der Waals surface area contributed by atoms with Gasteiger partial charge in [0, 0.05) is 35.2 Å². The molecule has 1 saturated carbocycles. The summed E-state index contributed by atoms with van der Waals surface area (Å²) in [5, 5.41) is 5.10. The summed E-state index contributed by atoms with van der Waals surface area (Å²) in [5.41, 5.74) is 1.74. The van der Waals surface area contributed by atoms with E-state index in [0.29, 0.717) is 24.8 Å². The Morgan fingerprint density at radius 2 is 2.11 bits per heavy atom. The highest BCUT2D eigenvalue weighted by molar-refractivity contribution is 7.18. The maximum absolute atomic E-state index is 12.5. The summed E-state index contributed by atoms with van der Waals surface area (Å²) in [6.45, 7) is 0.608. The van der Waals surface area contributed by atoms with Crippen LogP contribution < -0.4 is 5.32 Å². The smallest absolute Gasteiger partial charge is 0.247 e.